The van der Waals surface area contributed by atoms with Crippen molar-refractivity contribution in [3.63, 3.8) is 0 Å². The molecule has 11 heteroatoms. The molecular weight excluding hydrogens is 275 g/mol. The predicted molar refractivity (Wildman–Crippen MR) is 47.9 cm³/mol. The van der Waals surface area contributed by atoms with Crippen LogP contribution in [0.25, 0.3) is 0 Å². The zero-order valence-electron chi connectivity index (χ0n) is 7.39. The molecule has 0 aliphatic heterocycles. The lowest BCUT2D eigenvalue weighted by Crippen LogP contribution is -2.25. The van der Waals surface area contributed by atoms with E-state index in [1.54, 1.807) is 0 Å². The van der Waals surface area contributed by atoms with E-state index in [9.17, 15) is 30.6 Å². The number of sulfone groups is 1. The molecule has 6 nitrogen and oxygen atoms in total. The number of alkyl halides is 3. The quantitative estimate of drug-likeness (QED) is 0.533. The summed E-state index contributed by atoms with van der Waals surface area (Å²) in [6.45, 7) is 0. The number of carbonyl (C=O) groups excluding carboxylic acids is 1. The Morgan fingerprint density at radius 1 is 1.44 bits per heavy atom. The van der Waals surface area contributed by atoms with Gasteiger partial charge in [-0.2, -0.15) is 13.2 Å². The summed E-state index contributed by atoms with van der Waals surface area (Å²) in [4.78, 5) is 10.5. The van der Waals surface area contributed by atoms with E-state index in [4.69, 9.17) is 4.55 Å². The van der Waals surface area contributed by atoms with Crippen LogP contribution in [0.15, 0.2) is 11.0 Å². The van der Waals surface area contributed by atoms with E-state index in [1.807, 2.05) is 0 Å². The van der Waals surface area contributed by atoms with Crippen LogP contribution >= 0.6 is 0 Å². The maximum atomic E-state index is 11.9. The molecule has 0 spiro atoms. The first-order valence-electron chi connectivity index (χ1n) is 3.36. The Morgan fingerprint density at radius 2 is 1.88 bits per heavy atom. The number of hydrogen-bond acceptors (Lipinski definition) is 4. The van der Waals surface area contributed by atoms with Gasteiger partial charge in [-0.3, -0.25) is 4.79 Å². The van der Waals surface area contributed by atoms with Crippen LogP contribution in [0.5, 0.6) is 0 Å². The number of amides is 1. The maximum Gasteiger partial charge on any atom is 0.501 e. The molecular formula is C5H6F3NO5S2. The minimum atomic E-state index is -5.70. The number of carbonyl (C=O) groups is 1. The first kappa shape index (κ1) is 15.1. The van der Waals surface area contributed by atoms with Crippen molar-refractivity contribution in [1.82, 2.24) is 0 Å². The van der Waals surface area contributed by atoms with Gasteiger partial charge in [-0.1, -0.05) is 0 Å². The van der Waals surface area contributed by atoms with Crippen LogP contribution in [0.3, 0.4) is 0 Å². The average Bonchev–Trinajstić information content (AvgIpc) is 1.98. The molecule has 0 bridgehead atoms. The lowest BCUT2D eigenvalue weighted by molar-refractivity contribution is -0.114. The number of halogens is 3. The van der Waals surface area contributed by atoms with Gasteiger partial charge in [-0.05, 0) is 0 Å². The third kappa shape index (κ3) is 4.28. The van der Waals surface area contributed by atoms with Crippen molar-refractivity contribution < 1.29 is 35.1 Å². The molecule has 0 aromatic rings. The van der Waals surface area contributed by atoms with Crippen molar-refractivity contribution in [1.29, 1.82) is 0 Å². The largest absolute Gasteiger partial charge is 0.501 e. The minimum absolute atomic E-state index is 0.455. The molecule has 0 saturated heterocycles. The van der Waals surface area contributed by atoms with E-state index < -0.39 is 49.1 Å². The van der Waals surface area contributed by atoms with Gasteiger partial charge in [-0.25, -0.2) is 12.6 Å². The molecule has 3 N–H and O–H groups in total. The molecule has 0 saturated carbocycles. The molecule has 94 valence electrons. The van der Waals surface area contributed by atoms with Crippen molar-refractivity contribution >= 4 is 26.8 Å². The van der Waals surface area contributed by atoms with Gasteiger partial charge in [0.25, 0.3) is 9.84 Å². The monoisotopic (exact) mass is 281 g/mol. The fourth-order valence-electron chi connectivity index (χ4n) is 0.550. The Bertz CT molecular complexity index is 437. The van der Waals surface area contributed by atoms with Crippen LogP contribution in [0, 0.1) is 0 Å². The molecule has 1 amide bonds. The second-order valence-corrected chi connectivity index (χ2v) is 5.18. The summed E-state index contributed by atoms with van der Waals surface area (Å²) >= 11 is -2.68. The highest BCUT2D eigenvalue weighted by Crippen LogP contribution is 2.25. The van der Waals surface area contributed by atoms with Crippen molar-refractivity contribution in [3.05, 3.63) is 11.0 Å². The number of nitrogens with two attached hydrogens (primary N) is 1. The van der Waals surface area contributed by atoms with E-state index >= 15 is 0 Å². The highest BCUT2D eigenvalue weighted by Gasteiger charge is 2.44. The molecule has 0 aromatic heterocycles. The minimum Gasteiger partial charge on any atom is -0.366 e. The molecule has 0 radical (unpaired) electrons. The van der Waals surface area contributed by atoms with E-state index in [2.05, 4.69) is 5.73 Å². The fraction of sp³-hybridized carbons (Fsp3) is 0.400. The Hall–Kier alpha value is -0.940. The summed E-state index contributed by atoms with van der Waals surface area (Å²) in [7, 11) is -5.70. The van der Waals surface area contributed by atoms with Crippen LogP contribution in [-0.2, 0) is 25.7 Å². The Balaban J connectivity index is 5.40. The standard InChI is InChI=1S/C5H6F3NO5S2/c6-5(7,8)16(13,14)2-3(4(9)10)1-15(11)12/h2H,1H2,(H2,9,10)(H,11,12). The molecule has 1 unspecified atom stereocenters. The smallest absolute Gasteiger partial charge is 0.366 e. The SMILES string of the molecule is NC(=O)C(=CS(=O)(=O)C(F)(F)F)CS(=O)O. The summed E-state index contributed by atoms with van der Waals surface area (Å²) < 4.78 is 75.3. The lowest BCUT2D eigenvalue weighted by atomic mass is 10.3. The van der Waals surface area contributed by atoms with Gasteiger partial charge in [0.15, 0.2) is 11.1 Å². The highest BCUT2D eigenvalue weighted by molar-refractivity contribution is 7.95. The zero-order chi connectivity index (χ0) is 13.1. The summed E-state index contributed by atoms with van der Waals surface area (Å²) in [5.41, 5.74) is -2.14. The van der Waals surface area contributed by atoms with Crippen LogP contribution < -0.4 is 5.73 Å². The van der Waals surface area contributed by atoms with Gasteiger partial charge in [0.05, 0.1) is 5.75 Å². The molecule has 0 aliphatic rings. The Labute approximate surface area is 90.5 Å². The molecule has 0 aromatic carbocycles. The second kappa shape index (κ2) is 4.93. The predicted octanol–water partition coefficient (Wildman–Crippen LogP) is -0.488. The fourth-order valence-corrected chi connectivity index (χ4v) is 1.86. The van der Waals surface area contributed by atoms with Gasteiger partial charge < -0.3 is 10.3 Å². The Kier molecular flexibility index (Phi) is 4.64. The maximum absolute atomic E-state index is 11.9. The summed E-state index contributed by atoms with van der Waals surface area (Å²) in [5, 5.41) is -0.455. The third-order valence-electron chi connectivity index (χ3n) is 1.22. The summed E-state index contributed by atoms with van der Waals surface area (Å²) in [6, 6.07) is 0. The van der Waals surface area contributed by atoms with Crippen LogP contribution in [0.1, 0.15) is 0 Å². The van der Waals surface area contributed by atoms with E-state index in [1.165, 1.54) is 0 Å². The third-order valence-corrected chi connectivity index (χ3v) is 3.01. The second-order valence-electron chi connectivity index (χ2n) is 2.46. The summed E-state index contributed by atoms with van der Waals surface area (Å²) in [6.07, 6.45) is 0. The van der Waals surface area contributed by atoms with Crippen LogP contribution in [-0.4, -0.2) is 34.3 Å². The lowest BCUT2D eigenvalue weighted by Gasteiger charge is -2.05. The number of rotatable bonds is 4. The van der Waals surface area contributed by atoms with Crippen molar-refractivity contribution in [2.75, 3.05) is 5.75 Å². The topological polar surface area (TPSA) is 115 Å². The van der Waals surface area contributed by atoms with Gasteiger partial charge in [0.1, 0.15) is 0 Å². The van der Waals surface area contributed by atoms with E-state index in [-0.39, 0.29) is 0 Å². The van der Waals surface area contributed by atoms with Gasteiger partial charge in [0, 0.05) is 11.0 Å². The van der Waals surface area contributed by atoms with Gasteiger partial charge >= 0.3 is 5.51 Å². The van der Waals surface area contributed by atoms with Crippen molar-refractivity contribution in [2.24, 2.45) is 5.73 Å². The number of primary amides is 1. The normalized spacial score (nSPS) is 15.9. The molecule has 0 rings (SSSR count). The molecule has 1 atom stereocenters. The van der Waals surface area contributed by atoms with Gasteiger partial charge in [0.2, 0.25) is 5.91 Å². The molecule has 0 fully saturated rings. The van der Waals surface area contributed by atoms with E-state index in [0.29, 0.717) is 0 Å². The molecule has 0 heterocycles. The zero-order valence-corrected chi connectivity index (χ0v) is 9.03. The molecule has 16 heavy (non-hydrogen) atoms. The van der Waals surface area contributed by atoms with Crippen molar-refractivity contribution in [2.45, 2.75) is 5.51 Å². The first-order valence-corrected chi connectivity index (χ1v) is 6.19. The van der Waals surface area contributed by atoms with Crippen LogP contribution in [0.4, 0.5) is 13.2 Å². The first-order chi connectivity index (χ1) is 6.97. The van der Waals surface area contributed by atoms with Crippen molar-refractivity contribution in [3.8, 4) is 0 Å². The number of hydrogen-bond donors (Lipinski definition) is 2. The highest BCUT2D eigenvalue weighted by atomic mass is 32.2. The van der Waals surface area contributed by atoms with Gasteiger partial charge in [-0.15, -0.1) is 0 Å². The Morgan fingerprint density at radius 3 is 2.12 bits per heavy atom. The molecule has 0 aliphatic carbocycles. The van der Waals surface area contributed by atoms with E-state index in [0.717, 1.165) is 0 Å². The summed E-state index contributed by atoms with van der Waals surface area (Å²) in [5.74, 6) is -2.61. The van der Waals surface area contributed by atoms with Crippen LogP contribution in [0.2, 0.25) is 0 Å². The average molecular weight is 281 g/mol.